The SMILES string of the molecule is CCCCCCCCCCCCCCCCCN(CCCCCCCCCCCCCCCCC)C(C)=O. The fourth-order valence-electron chi connectivity index (χ4n) is 5.77. The van der Waals surface area contributed by atoms with Crippen molar-refractivity contribution in [2.24, 2.45) is 0 Å². The van der Waals surface area contributed by atoms with E-state index in [0.29, 0.717) is 0 Å². The van der Waals surface area contributed by atoms with Crippen LogP contribution >= 0.6 is 0 Å². The molecule has 0 unspecified atom stereocenters. The van der Waals surface area contributed by atoms with E-state index in [0.717, 1.165) is 13.1 Å². The van der Waals surface area contributed by atoms with Gasteiger partial charge in [-0.2, -0.15) is 0 Å². The monoisotopic (exact) mass is 536 g/mol. The first kappa shape index (κ1) is 37.5. The van der Waals surface area contributed by atoms with E-state index in [9.17, 15) is 4.79 Å². The fraction of sp³-hybridized carbons (Fsp3) is 0.972. The minimum atomic E-state index is 0.278. The standard InChI is InChI=1S/C36H73NO/c1-4-6-8-10-12-14-16-18-20-22-24-26-28-30-32-34-37(36(3)38)35-33-31-29-27-25-23-21-19-17-15-13-11-9-7-5-2/h4-35H2,1-3H3. The minimum absolute atomic E-state index is 0.278. The van der Waals surface area contributed by atoms with Gasteiger partial charge >= 0.3 is 0 Å². The van der Waals surface area contributed by atoms with Crippen LogP contribution in [0.2, 0.25) is 0 Å². The van der Waals surface area contributed by atoms with Gasteiger partial charge in [0.15, 0.2) is 0 Å². The summed E-state index contributed by atoms with van der Waals surface area (Å²) in [7, 11) is 0. The van der Waals surface area contributed by atoms with Gasteiger partial charge in [-0.05, 0) is 12.8 Å². The number of carbonyl (C=O) groups excluding carboxylic acids is 1. The molecule has 38 heavy (non-hydrogen) atoms. The molecule has 2 heteroatoms. The average molecular weight is 536 g/mol. The number of hydrogen-bond acceptors (Lipinski definition) is 1. The van der Waals surface area contributed by atoms with Crippen molar-refractivity contribution in [1.29, 1.82) is 0 Å². The van der Waals surface area contributed by atoms with Crippen molar-refractivity contribution in [2.45, 2.75) is 213 Å². The van der Waals surface area contributed by atoms with Crippen molar-refractivity contribution < 1.29 is 4.79 Å². The molecule has 0 aliphatic rings. The van der Waals surface area contributed by atoms with Gasteiger partial charge in [0.05, 0.1) is 0 Å². The Morgan fingerprint density at radius 1 is 0.342 bits per heavy atom. The van der Waals surface area contributed by atoms with E-state index >= 15 is 0 Å². The van der Waals surface area contributed by atoms with Crippen LogP contribution in [0.3, 0.4) is 0 Å². The Balaban J connectivity index is 3.38. The van der Waals surface area contributed by atoms with E-state index in [2.05, 4.69) is 18.7 Å². The topological polar surface area (TPSA) is 20.3 Å². The lowest BCUT2D eigenvalue weighted by molar-refractivity contribution is -0.129. The van der Waals surface area contributed by atoms with Crippen LogP contribution in [-0.4, -0.2) is 23.9 Å². The molecule has 0 radical (unpaired) electrons. The maximum Gasteiger partial charge on any atom is 0.219 e. The minimum Gasteiger partial charge on any atom is -0.343 e. The van der Waals surface area contributed by atoms with Crippen LogP contribution in [-0.2, 0) is 4.79 Å². The molecule has 0 aliphatic heterocycles. The van der Waals surface area contributed by atoms with E-state index in [4.69, 9.17) is 0 Å². The lowest BCUT2D eigenvalue weighted by Gasteiger charge is -2.21. The first-order valence-corrected chi connectivity index (χ1v) is 18.0. The summed E-state index contributed by atoms with van der Waals surface area (Å²) in [5.74, 6) is 0.278. The molecule has 0 spiro atoms. The smallest absolute Gasteiger partial charge is 0.219 e. The highest BCUT2D eigenvalue weighted by atomic mass is 16.2. The first-order valence-electron chi connectivity index (χ1n) is 18.0. The molecule has 2 nitrogen and oxygen atoms in total. The molecule has 228 valence electrons. The van der Waals surface area contributed by atoms with E-state index in [1.54, 1.807) is 6.92 Å². The van der Waals surface area contributed by atoms with Crippen molar-refractivity contribution in [2.75, 3.05) is 13.1 Å². The molecule has 1 amide bonds. The Morgan fingerprint density at radius 2 is 0.526 bits per heavy atom. The quantitative estimate of drug-likeness (QED) is 0.0784. The highest BCUT2D eigenvalue weighted by molar-refractivity contribution is 5.73. The largest absolute Gasteiger partial charge is 0.343 e. The summed E-state index contributed by atoms with van der Waals surface area (Å²) >= 11 is 0. The van der Waals surface area contributed by atoms with Crippen molar-refractivity contribution >= 4 is 5.91 Å². The van der Waals surface area contributed by atoms with Crippen LogP contribution in [0.5, 0.6) is 0 Å². The lowest BCUT2D eigenvalue weighted by Crippen LogP contribution is -2.30. The van der Waals surface area contributed by atoms with Crippen LogP contribution in [0.1, 0.15) is 213 Å². The second-order valence-electron chi connectivity index (χ2n) is 12.4. The number of amides is 1. The predicted molar refractivity (Wildman–Crippen MR) is 172 cm³/mol. The van der Waals surface area contributed by atoms with E-state index in [1.807, 2.05) is 0 Å². The van der Waals surface area contributed by atoms with E-state index in [1.165, 1.54) is 193 Å². The summed E-state index contributed by atoms with van der Waals surface area (Å²) in [5, 5.41) is 0. The summed E-state index contributed by atoms with van der Waals surface area (Å²) in [6.45, 7) is 8.31. The molecule has 0 aromatic rings. The fourth-order valence-corrected chi connectivity index (χ4v) is 5.77. The number of unbranched alkanes of at least 4 members (excludes halogenated alkanes) is 28. The molecule has 0 N–H and O–H groups in total. The van der Waals surface area contributed by atoms with Crippen molar-refractivity contribution in [3.8, 4) is 0 Å². The summed E-state index contributed by atoms with van der Waals surface area (Å²) in [6, 6.07) is 0. The molecular formula is C36H73NO. The Bertz CT molecular complexity index is 415. The zero-order valence-corrected chi connectivity index (χ0v) is 27.0. The van der Waals surface area contributed by atoms with Crippen LogP contribution in [0, 0.1) is 0 Å². The maximum absolute atomic E-state index is 12.0. The Kier molecular flexibility index (Phi) is 32.2. The van der Waals surface area contributed by atoms with Gasteiger partial charge in [0.25, 0.3) is 0 Å². The Hall–Kier alpha value is -0.530. The molecule has 0 aromatic heterocycles. The summed E-state index contributed by atoms with van der Waals surface area (Å²) in [6.07, 6.45) is 41.9. The van der Waals surface area contributed by atoms with Gasteiger partial charge in [-0.3, -0.25) is 4.79 Å². The van der Waals surface area contributed by atoms with Gasteiger partial charge in [0, 0.05) is 20.0 Å². The highest BCUT2D eigenvalue weighted by Crippen LogP contribution is 2.15. The van der Waals surface area contributed by atoms with Gasteiger partial charge in [0.1, 0.15) is 0 Å². The summed E-state index contributed by atoms with van der Waals surface area (Å²) in [5.41, 5.74) is 0. The number of hydrogen-bond donors (Lipinski definition) is 0. The third-order valence-corrected chi connectivity index (χ3v) is 8.51. The third kappa shape index (κ3) is 30.0. The average Bonchev–Trinajstić information content (AvgIpc) is 2.91. The summed E-state index contributed by atoms with van der Waals surface area (Å²) in [4.78, 5) is 14.1. The second kappa shape index (κ2) is 32.7. The van der Waals surface area contributed by atoms with E-state index in [-0.39, 0.29) is 5.91 Å². The normalized spacial score (nSPS) is 11.3. The number of carbonyl (C=O) groups is 1. The third-order valence-electron chi connectivity index (χ3n) is 8.51. The van der Waals surface area contributed by atoms with Gasteiger partial charge in [0.2, 0.25) is 5.91 Å². The molecule has 0 bridgehead atoms. The zero-order chi connectivity index (χ0) is 27.8. The molecule has 0 heterocycles. The van der Waals surface area contributed by atoms with Crippen LogP contribution in [0.25, 0.3) is 0 Å². The molecule has 0 fully saturated rings. The van der Waals surface area contributed by atoms with Gasteiger partial charge in [-0.15, -0.1) is 0 Å². The van der Waals surface area contributed by atoms with Gasteiger partial charge in [-0.25, -0.2) is 0 Å². The second-order valence-corrected chi connectivity index (χ2v) is 12.4. The van der Waals surface area contributed by atoms with E-state index < -0.39 is 0 Å². The molecular weight excluding hydrogens is 462 g/mol. The zero-order valence-electron chi connectivity index (χ0n) is 27.0. The molecule has 0 saturated heterocycles. The van der Waals surface area contributed by atoms with Crippen LogP contribution < -0.4 is 0 Å². The Morgan fingerprint density at radius 3 is 0.711 bits per heavy atom. The molecule has 0 aliphatic carbocycles. The Labute approximate surface area is 241 Å². The maximum atomic E-state index is 12.0. The predicted octanol–water partition coefficient (Wildman–Crippen LogP) is 12.6. The van der Waals surface area contributed by atoms with Gasteiger partial charge < -0.3 is 4.90 Å². The molecule has 0 aromatic carbocycles. The number of rotatable bonds is 32. The highest BCUT2D eigenvalue weighted by Gasteiger charge is 2.07. The summed E-state index contributed by atoms with van der Waals surface area (Å²) < 4.78 is 0. The van der Waals surface area contributed by atoms with Crippen molar-refractivity contribution in [3.05, 3.63) is 0 Å². The molecule has 0 atom stereocenters. The lowest BCUT2D eigenvalue weighted by atomic mass is 10.0. The van der Waals surface area contributed by atoms with Crippen molar-refractivity contribution in [3.63, 3.8) is 0 Å². The van der Waals surface area contributed by atoms with Crippen LogP contribution in [0.4, 0.5) is 0 Å². The first-order chi connectivity index (χ1) is 18.7. The molecule has 0 rings (SSSR count). The van der Waals surface area contributed by atoms with Crippen molar-refractivity contribution in [1.82, 2.24) is 4.90 Å². The molecule has 0 saturated carbocycles. The number of nitrogens with zero attached hydrogens (tertiary/aromatic N) is 1. The van der Waals surface area contributed by atoms with Gasteiger partial charge in [-0.1, -0.05) is 194 Å². The van der Waals surface area contributed by atoms with Crippen LogP contribution in [0.15, 0.2) is 0 Å².